The Bertz CT molecular complexity index is 925. The third kappa shape index (κ3) is 7.36. The highest BCUT2D eigenvalue weighted by atomic mass is 127. The van der Waals surface area contributed by atoms with E-state index in [2.05, 4.69) is 32.7 Å². The first kappa shape index (κ1) is 27.0. The van der Waals surface area contributed by atoms with E-state index in [0.29, 0.717) is 36.1 Å². The van der Waals surface area contributed by atoms with Crippen LogP contribution in [0, 0.1) is 6.92 Å². The Hall–Kier alpha value is -2.27. The average molecular weight is 570 g/mol. The van der Waals surface area contributed by atoms with Crippen molar-refractivity contribution in [3.8, 4) is 5.75 Å². The Balaban J connectivity index is 0.00000385. The van der Waals surface area contributed by atoms with Gasteiger partial charge in [0.15, 0.2) is 5.96 Å². The number of rotatable bonds is 9. The lowest BCUT2D eigenvalue weighted by Gasteiger charge is -2.29. The smallest absolute Gasteiger partial charge is 0.341 e. The number of furan rings is 1. The van der Waals surface area contributed by atoms with Crippen molar-refractivity contribution in [2.45, 2.75) is 39.3 Å². The first-order chi connectivity index (χ1) is 15.5. The summed E-state index contributed by atoms with van der Waals surface area (Å²) in [7, 11) is 3.05. The quantitative estimate of drug-likeness (QED) is 0.205. The zero-order valence-electron chi connectivity index (χ0n) is 19.8. The number of carbonyl (C=O) groups excluding carboxylic acids is 1. The van der Waals surface area contributed by atoms with Crippen LogP contribution in [-0.2, 0) is 11.3 Å². The monoisotopic (exact) mass is 570 g/mol. The van der Waals surface area contributed by atoms with Gasteiger partial charge in [-0.25, -0.2) is 9.79 Å². The second kappa shape index (κ2) is 13.4. The van der Waals surface area contributed by atoms with E-state index in [0.717, 1.165) is 25.4 Å². The number of carbonyl (C=O) groups is 1. The molecule has 1 saturated heterocycles. The highest BCUT2D eigenvalue weighted by Crippen LogP contribution is 2.27. The SMILES string of the molecule is CCNC(=NCc1cc(C(=O)OC)c(C)o1)NCC(c1cccc(OC)c1)N1CCCC1.I. The van der Waals surface area contributed by atoms with E-state index in [-0.39, 0.29) is 30.0 Å². The highest BCUT2D eigenvalue weighted by molar-refractivity contribution is 14.0. The van der Waals surface area contributed by atoms with Gasteiger partial charge in [-0.1, -0.05) is 12.1 Å². The average Bonchev–Trinajstić information content (AvgIpc) is 3.47. The highest BCUT2D eigenvalue weighted by Gasteiger charge is 2.24. The molecule has 8 nitrogen and oxygen atoms in total. The van der Waals surface area contributed by atoms with Crippen LogP contribution in [0.2, 0.25) is 0 Å². The molecular weight excluding hydrogens is 535 g/mol. The summed E-state index contributed by atoms with van der Waals surface area (Å²) in [6.07, 6.45) is 2.43. The van der Waals surface area contributed by atoms with Crippen molar-refractivity contribution in [3.05, 3.63) is 53.0 Å². The zero-order chi connectivity index (χ0) is 22.9. The number of nitrogens with zero attached hydrogens (tertiary/aromatic N) is 2. The number of aryl methyl sites for hydroxylation is 1. The Morgan fingerprint density at radius 2 is 1.97 bits per heavy atom. The number of likely N-dealkylation sites (tertiary alicyclic amines) is 1. The number of ether oxygens (including phenoxy) is 2. The van der Waals surface area contributed by atoms with Crippen LogP contribution in [0.15, 0.2) is 39.7 Å². The summed E-state index contributed by atoms with van der Waals surface area (Å²) in [6.45, 7) is 7.72. The number of hydrogen-bond acceptors (Lipinski definition) is 6. The third-order valence-corrected chi connectivity index (χ3v) is 5.63. The first-order valence-corrected chi connectivity index (χ1v) is 11.1. The van der Waals surface area contributed by atoms with Crippen LogP contribution in [0.3, 0.4) is 0 Å². The second-order valence-corrected chi connectivity index (χ2v) is 7.79. The molecule has 1 unspecified atom stereocenters. The standard InChI is InChI=1S/C24H34N4O4.HI/c1-5-25-24(26-15-20-14-21(17(2)32-20)23(29)31-4)27-16-22(28-11-6-7-12-28)18-9-8-10-19(13-18)30-3;/h8-10,13-14,22H,5-7,11-12,15-16H2,1-4H3,(H2,25,26,27);1H. The van der Waals surface area contributed by atoms with Gasteiger partial charge in [-0.15, -0.1) is 24.0 Å². The molecule has 0 saturated carbocycles. The Morgan fingerprint density at radius 1 is 1.21 bits per heavy atom. The number of benzene rings is 1. The molecule has 2 heterocycles. The summed E-state index contributed by atoms with van der Waals surface area (Å²) < 4.78 is 15.9. The van der Waals surface area contributed by atoms with Gasteiger partial charge in [-0.05, 0) is 63.5 Å². The molecule has 1 aliphatic heterocycles. The molecule has 1 atom stereocenters. The van der Waals surface area contributed by atoms with Crippen molar-refractivity contribution in [2.75, 3.05) is 40.4 Å². The van der Waals surface area contributed by atoms with Crippen LogP contribution in [-0.4, -0.2) is 57.2 Å². The van der Waals surface area contributed by atoms with Gasteiger partial charge >= 0.3 is 5.97 Å². The summed E-state index contributed by atoms with van der Waals surface area (Å²) in [5, 5.41) is 6.77. The summed E-state index contributed by atoms with van der Waals surface area (Å²) in [5.74, 6) is 2.31. The number of halogens is 1. The molecular formula is C24H35IN4O4. The molecule has 0 radical (unpaired) electrons. The predicted molar refractivity (Wildman–Crippen MR) is 140 cm³/mol. The van der Waals surface area contributed by atoms with Crippen LogP contribution in [0.5, 0.6) is 5.75 Å². The van der Waals surface area contributed by atoms with Crippen LogP contribution in [0.4, 0.5) is 0 Å². The minimum atomic E-state index is -0.404. The molecule has 0 spiro atoms. The number of nitrogens with one attached hydrogen (secondary N) is 2. The molecule has 0 bridgehead atoms. The Labute approximate surface area is 213 Å². The van der Waals surface area contributed by atoms with Gasteiger partial charge in [0.05, 0.1) is 20.3 Å². The Morgan fingerprint density at radius 3 is 2.64 bits per heavy atom. The van der Waals surface area contributed by atoms with E-state index >= 15 is 0 Å². The molecule has 1 aliphatic rings. The fourth-order valence-electron chi connectivity index (χ4n) is 3.99. The largest absolute Gasteiger partial charge is 0.497 e. The minimum absolute atomic E-state index is 0. The number of esters is 1. The lowest BCUT2D eigenvalue weighted by Crippen LogP contribution is -2.42. The van der Waals surface area contributed by atoms with E-state index < -0.39 is 5.97 Å². The number of guanidine groups is 1. The summed E-state index contributed by atoms with van der Waals surface area (Å²) in [5.41, 5.74) is 1.65. The van der Waals surface area contributed by atoms with Gasteiger partial charge in [0.1, 0.15) is 29.4 Å². The molecule has 0 aliphatic carbocycles. The summed E-state index contributed by atoms with van der Waals surface area (Å²) in [4.78, 5) is 19.0. The molecule has 1 fully saturated rings. The van der Waals surface area contributed by atoms with Crippen molar-refractivity contribution in [1.82, 2.24) is 15.5 Å². The first-order valence-electron chi connectivity index (χ1n) is 11.1. The second-order valence-electron chi connectivity index (χ2n) is 7.79. The van der Waals surface area contributed by atoms with Gasteiger partial charge < -0.3 is 24.5 Å². The topological polar surface area (TPSA) is 88.3 Å². The van der Waals surface area contributed by atoms with Gasteiger partial charge in [0.25, 0.3) is 0 Å². The van der Waals surface area contributed by atoms with Crippen molar-refractivity contribution >= 4 is 35.9 Å². The minimum Gasteiger partial charge on any atom is -0.497 e. The van der Waals surface area contributed by atoms with Crippen molar-refractivity contribution < 1.29 is 18.7 Å². The maximum atomic E-state index is 11.8. The van der Waals surface area contributed by atoms with Crippen LogP contribution < -0.4 is 15.4 Å². The van der Waals surface area contributed by atoms with Gasteiger partial charge in [0, 0.05) is 13.1 Å². The van der Waals surface area contributed by atoms with E-state index in [1.807, 2.05) is 19.1 Å². The van der Waals surface area contributed by atoms with Crippen LogP contribution in [0.25, 0.3) is 0 Å². The Kier molecular flexibility index (Phi) is 11.0. The molecule has 33 heavy (non-hydrogen) atoms. The van der Waals surface area contributed by atoms with Crippen LogP contribution in [0.1, 0.15) is 53.2 Å². The van der Waals surface area contributed by atoms with Gasteiger partial charge in [-0.2, -0.15) is 0 Å². The number of hydrogen-bond donors (Lipinski definition) is 2. The number of aliphatic imine (C=N–C) groups is 1. The summed E-state index contributed by atoms with van der Waals surface area (Å²) >= 11 is 0. The fraction of sp³-hybridized carbons (Fsp3) is 0.500. The zero-order valence-corrected chi connectivity index (χ0v) is 22.2. The maximum absolute atomic E-state index is 11.8. The fourth-order valence-corrected chi connectivity index (χ4v) is 3.99. The van der Waals surface area contributed by atoms with Crippen molar-refractivity contribution in [1.29, 1.82) is 0 Å². The van der Waals surface area contributed by atoms with Gasteiger partial charge in [-0.3, -0.25) is 4.90 Å². The molecule has 0 amide bonds. The third-order valence-electron chi connectivity index (χ3n) is 5.63. The molecule has 9 heteroatoms. The van der Waals surface area contributed by atoms with E-state index in [9.17, 15) is 4.79 Å². The van der Waals surface area contributed by atoms with Crippen molar-refractivity contribution in [2.24, 2.45) is 4.99 Å². The number of methoxy groups -OCH3 is 2. The molecule has 1 aromatic carbocycles. The van der Waals surface area contributed by atoms with E-state index in [1.165, 1.54) is 25.5 Å². The molecule has 1 aromatic heterocycles. The molecule has 2 aromatic rings. The maximum Gasteiger partial charge on any atom is 0.341 e. The van der Waals surface area contributed by atoms with E-state index in [4.69, 9.17) is 13.9 Å². The lowest BCUT2D eigenvalue weighted by atomic mass is 10.1. The lowest BCUT2D eigenvalue weighted by molar-refractivity contribution is 0.0599. The molecule has 182 valence electrons. The van der Waals surface area contributed by atoms with Crippen molar-refractivity contribution in [3.63, 3.8) is 0 Å². The van der Waals surface area contributed by atoms with Crippen LogP contribution >= 0.6 is 24.0 Å². The van der Waals surface area contributed by atoms with E-state index in [1.54, 1.807) is 20.1 Å². The molecule has 3 rings (SSSR count). The van der Waals surface area contributed by atoms with Gasteiger partial charge in [0.2, 0.25) is 0 Å². The predicted octanol–water partition coefficient (Wildman–Crippen LogP) is 3.89. The normalized spacial score (nSPS) is 15.0. The summed E-state index contributed by atoms with van der Waals surface area (Å²) in [6, 6.07) is 10.2. The molecule has 2 N–H and O–H groups in total.